The molecule has 6 heteroatoms. The van der Waals surface area contributed by atoms with Gasteiger partial charge in [-0.25, -0.2) is 4.39 Å². The lowest BCUT2D eigenvalue weighted by molar-refractivity contribution is 0.0949. The molecule has 0 bridgehead atoms. The molecule has 0 atom stereocenters. The van der Waals surface area contributed by atoms with Gasteiger partial charge in [-0.2, -0.15) is 5.10 Å². The van der Waals surface area contributed by atoms with Crippen molar-refractivity contribution in [3.8, 4) is 11.3 Å². The molecule has 5 nitrogen and oxygen atoms in total. The van der Waals surface area contributed by atoms with Gasteiger partial charge in [-0.15, -0.1) is 0 Å². The standard InChI is InChI=1S/C15H19FN4O/c1-2-7-17-8-9-18-15(21)14-10-13(19-20-14)11-3-5-12(16)6-4-11/h3-6,10,17H,2,7-9H2,1H3,(H,18,21)(H,19,20). The van der Waals surface area contributed by atoms with E-state index in [4.69, 9.17) is 0 Å². The number of rotatable bonds is 7. The van der Waals surface area contributed by atoms with E-state index in [0.29, 0.717) is 17.9 Å². The minimum Gasteiger partial charge on any atom is -0.349 e. The molecule has 0 spiro atoms. The van der Waals surface area contributed by atoms with Crippen LogP contribution in [0.3, 0.4) is 0 Å². The first kappa shape index (κ1) is 15.2. The second kappa shape index (κ2) is 7.54. The summed E-state index contributed by atoms with van der Waals surface area (Å²) in [4.78, 5) is 11.9. The summed E-state index contributed by atoms with van der Waals surface area (Å²) >= 11 is 0. The molecule has 0 saturated heterocycles. The van der Waals surface area contributed by atoms with E-state index >= 15 is 0 Å². The molecule has 0 aliphatic carbocycles. The summed E-state index contributed by atoms with van der Waals surface area (Å²) in [5, 5.41) is 12.8. The number of carbonyl (C=O) groups is 1. The van der Waals surface area contributed by atoms with E-state index in [2.05, 4.69) is 27.8 Å². The van der Waals surface area contributed by atoms with Crippen LogP contribution in [-0.2, 0) is 0 Å². The lowest BCUT2D eigenvalue weighted by Crippen LogP contribution is -2.32. The normalized spacial score (nSPS) is 10.6. The smallest absolute Gasteiger partial charge is 0.269 e. The van der Waals surface area contributed by atoms with Crippen molar-refractivity contribution in [2.75, 3.05) is 19.6 Å². The van der Waals surface area contributed by atoms with E-state index in [1.807, 2.05) is 0 Å². The minimum absolute atomic E-state index is 0.200. The van der Waals surface area contributed by atoms with Crippen molar-refractivity contribution in [3.05, 3.63) is 41.8 Å². The third-order valence-corrected chi connectivity index (χ3v) is 2.98. The fourth-order valence-electron chi connectivity index (χ4n) is 1.87. The van der Waals surface area contributed by atoms with Crippen LogP contribution in [0.1, 0.15) is 23.8 Å². The van der Waals surface area contributed by atoms with Crippen molar-refractivity contribution >= 4 is 5.91 Å². The SMILES string of the molecule is CCCNCCNC(=O)c1cc(-c2ccc(F)cc2)n[nH]1. The number of aromatic amines is 1. The molecule has 1 aromatic carbocycles. The Morgan fingerprint density at radius 3 is 2.71 bits per heavy atom. The third kappa shape index (κ3) is 4.39. The van der Waals surface area contributed by atoms with E-state index < -0.39 is 0 Å². The van der Waals surface area contributed by atoms with Gasteiger partial charge < -0.3 is 10.6 Å². The molecule has 2 rings (SSSR count). The first-order valence-electron chi connectivity index (χ1n) is 7.01. The van der Waals surface area contributed by atoms with Crippen molar-refractivity contribution in [3.63, 3.8) is 0 Å². The molecule has 0 radical (unpaired) electrons. The summed E-state index contributed by atoms with van der Waals surface area (Å²) in [5.74, 6) is -0.499. The monoisotopic (exact) mass is 290 g/mol. The van der Waals surface area contributed by atoms with E-state index in [0.717, 1.165) is 25.1 Å². The Kier molecular flexibility index (Phi) is 5.45. The summed E-state index contributed by atoms with van der Waals surface area (Å²) in [5.41, 5.74) is 1.77. The molecule has 112 valence electrons. The van der Waals surface area contributed by atoms with Crippen molar-refractivity contribution in [1.29, 1.82) is 0 Å². The van der Waals surface area contributed by atoms with Crippen LogP contribution in [0.2, 0.25) is 0 Å². The fourth-order valence-corrected chi connectivity index (χ4v) is 1.87. The highest BCUT2D eigenvalue weighted by atomic mass is 19.1. The molecule has 0 saturated carbocycles. The zero-order valence-corrected chi connectivity index (χ0v) is 11.9. The first-order chi connectivity index (χ1) is 10.2. The maximum Gasteiger partial charge on any atom is 0.269 e. The molecule has 1 heterocycles. The van der Waals surface area contributed by atoms with Crippen LogP contribution >= 0.6 is 0 Å². The van der Waals surface area contributed by atoms with E-state index in [1.54, 1.807) is 18.2 Å². The molecule has 1 aromatic heterocycles. The Morgan fingerprint density at radius 2 is 2.00 bits per heavy atom. The van der Waals surface area contributed by atoms with Gasteiger partial charge >= 0.3 is 0 Å². The third-order valence-electron chi connectivity index (χ3n) is 2.98. The Labute approximate surface area is 123 Å². The molecule has 1 amide bonds. The number of carbonyl (C=O) groups excluding carboxylic acids is 1. The van der Waals surface area contributed by atoms with E-state index in [9.17, 15) is 9.18 Å². The van der Waals surface area contributed by atoms with Gasteiger partial charge in [-0.05, 0) is 43.3 Å². The lowest BCUT2D eigenvalue weighted by Gasteiger charge is -2.04. The summed E-state index contributed by atoms with van der Waals surface area (Å²) in [6.07, 6.45) is 1.07. The van der Waals surface area contributed by atoms with Crippen molar-refractivity contribution in [2.45, 2.75) is 13.3 Å². The van der Waals surface area contributed by atoms with Gasteiger partial charge in [0.1, 0.15) is 11.5 Å². The van der Waals surface area contributed by atoms with Crippen LogP contribution in [0.4, 0.5) is 4.39 Å². The summed E-state index contributed by atoms with van der Waals surface area (Å²) in [7, 11) is 0. The first-order valence-corrected chi connectivity index (χ1v) is 7.01. The second-order valence-corrected chi connectivity index (χ2v) is 4.68. The topological polar surface area (TPSA) is 69.8 Å². The van der Waals surface area contributed by atoms with Gasteiger partial charge in [0.15, 0.2) is 0 Å². The zero-order chi connectivity index (χ0) is 15.1. The van der Waals surface area contributed by atoms with Gasteiger partial charge in [0.25, 0.3) is 5.91 Å². The van der Waals surface area contributed by atoms with Crippen LogP contribution in [0, 0.1) is 5.82 Å². The van der Waals surface area contributed by atoms with Crippen molar-refractivity contribution in [2.24, 2.45) is 0 Å². The predicted octanol–water partition coefficient (Wildman–Crippen LogP) is 1.95. The average Bonchev–Trinajstić information content (AvgIpc) is 2.97. The predicted molar refractivity (Wildman–Crippen MR) is 79.5 cm³/mol. The number of aromatic nitrogens is 2. The number of H-pyrrole nitrogens is 1. The molecule has 2 aromatic rings. The number of hydrogen-bond acceptors (Lipinski definition) is 3. The quantitative estimate of drug-likeness (QED) is 0.683. The number of hydrogen-bond donors (Lipinski definition) is 3. The number of nitrogens with zero attached hydrogens (tertiary/aromatic N) is 1. The van der Waals surface area contributed by atoms with Gasteiger partial charge in [-0.3, -0.25) is 9.89 Å². The van der Waals surface area contributed by atoms with Crippen LogP contribution in [0.15, 0.2) is 30.3 Å². The molecule has 3 N–H and O–H groups in total. The molecule has 21 heavy (non-hydrogen) atoms. The summed E-state index contributed by atoms with van der Waals surface area (Å²) < 4.78 is 12.9. The second-order valence-electron chi connectivity index (χ2n) is 4.68. The largest absolute Gasteiger partial charge is 0.349 e. The molecule has 0 aliphatic heterocycles. The highest BCUT2D eigenvalue weighted by Crippen LogP contribution is 2.17. The van der Waals surface area contributed by atoms with Gasteiger partial charge in [-0.1, -0.05) is 6.92 Å². The summed E-state index contributed by atoms with van der Waals surface area (Å²) in [6.45, 7) is 4.32. The number of amides is 1. The number of nitrogens with one attached hydrogen (secondary N) is 3. The highest BCUT2D eigenvalue weighted by Gasteiger charge is 2.10. The minimum atomic E-state index is -0.299. The van der Waals surface area contributed by atoms with Gasteiger partial charge in [0, 0.05) is 18.7 Å². The zero-order valence-electron chi connectivity index (χ0n) is 11.9. The Morgan fingerprint density at radius 1 is 1.24 bits per heavy atom. The Balaban J connectivity index is 1.90. The summed E-state index contributed by atoms with van der Waals surface area (Å²) in [6, 6.07) is 7.64. The Hall–Kier alpha value is -2.21. The maximum absolute atomic E-state index is 12.9. The Bertz CT molecular complexity index is 580. The molecular weight excluding hydrogens is 271 g/mol. The van der Waals surface area contributed by atoms with Crippen LogP contribution in [-0.4, -0.2) is 35.7 Å². The number of benzene rings is 1. The van der Waals surface area contributed by atoms with E-state index in [-0.39, 0.29) is 11.7 Å². The molecule has 0 fully saturated rings. The fraction of sp³-hybridized carbons (Fsp3) is 0.333. The van der Waals surface area contributed by atoms with Crippen LogP contribution in [0.5, 0.6) is 0 Å². The van der Waals surface area contributed by atoms with Crippen molar-refractivity contribution in [1.82, 2.24) is 20.8 Å². The van der Waals surface area contributed by atoms with Crippen LogP contribution < -0.4 is 10.6 Å². The molecular formula is C15H19FN4O. The molecule has 0 unspecified atom stereocenters. The van der Waals surface area contributed by atoms with E-state index in [1.165, 1.54) is 12.1 Å². The van der Waals surface area contributed by atoms with Gasteiger partial charge in [0.05, 0.1) is 5.69 Å². The highest BCUT2D eigenvalue weighted by molar-refractivity contribution is 5.93. The maximum atomic E-state index is 12.9. The number of halogens is 1. The van der Waals surface area contributed by atoms with Crippen molar-refractivity contribution < 1.29 is 9.18 Å². The average molecular weight is 290 g/mol. The van der Waals surface area contributed by atoms with Gasteiger partial charge in [0.2, 0.25) is 0 Å². The lowest BCUT2D eigenvalue weighted by atomic mass is 10.1. The van der Waals surface area contributed by atoms with Crippen LogP contribution in [0.25, 0.3) is 11.3 Å². The molecule has 0 aliphatic rings.